The maximum atomic E-state index is 10.4. The lowest BCUT2D eigenvalue weighted by Crippen LogP contribution is -2.36. The largest absolute Gasteiger partial charge is 0.390 e. The molecule has 0 heterocycles. The minimum atomic E-state index is -0.378. The van der Waals surface area contributed by atoms with Crippen LogP contribution in [0.1, 0.15) is 44.9 Å². The number of ether oxygens (including phenoxy) is 1. The summed E-state index contributed by atoms with van der Waals surface area (Å²) in [6.45, 7) is 0. The second-order valence-electron chi connectivity index (χ2n) is 4.62. The van der Waals surface area contributed by atoms with Gasteiger partial charge in [-0.3, -0.25) is 0 Å². The van der Waals surface area contributed by atoms with Crippen molar-refractivity contribution in [3.05, 3.63) is 0 Å². The first-order valence-corrected chi connectivity index (χ1v) is 5.51. The number of hydrogen-bond acceptors (Lipinski definition) is 2. The minimum Gasteiger partial charge on any atom is -0.390 e. The molecular weight excluding hydrogens is 164 g/mol. The van der Waals surface area contributed by atoms with E-state index in [1.165, 1.54) is 19.3 Å². The van der Waals surface area contributed by atoms with Gasteiger partial charge in [0.2, 0.25) is 0 Å². The van der Waals surface area contributed by atoms with E-state index < -0.39 is 0 Å². The summed E-state index contributed by atoms with van der Waals surface area (Å²) in [6.07, 6.45) is 8.24. The van der Waals surface area contributed by atoms with Crippen LogP contribution in [0, 0.1) is 5.92 Å². The first-order valence-electron chi connectivity index (χ1n) is 5.51. The van der Waals surface area contributed by atoms with Crippen molar-refractivity contribution >= 4 is 0 Å². The van der Waals surface area contributed by atoms with Crippen LogP contribution in [0.5, 0.6) is 0 Å². The number of methoxy groups -OCH3 is 1. The highest BCUT2D eigenvalue weighted by atomic mass is 16.5. The minimum absolute atomic E-state index is 0.322. The highest BCUT2D eigenvalue weighted by molar-refractivity contribution is 4.98. The van der Waals surface area contributed by atoms with Crippen molar-refractivity contribution < 1.29 is 9.84 Å². The summed E-state index contributed by atoms with van der Waals surface area (Å²) < 4.78 is 5.44. The summed E-state index contributed by atoms with van der Waals surface area (Å²) in [5.41, 5.74) is -0.378. The predicted octanol–water partition coefficient (Wildman–Crippen LogP) is 2.11. The standard InChI is InChI=1S/C11H20O2/c1-13-10-6-8-11(12)7-4-2-3-5-9(10)11/h9-10,12H,2-8H2,1H3/t9-,10+,11-/m1/s1. The number of rotatable bonds is 1. The van der Waals surface area contributed by atoms with Gasteiger partial charge >= 0.3 is 0 Å². The van der Waals surface area contributed by atoms with E-state index in [4.69, 9.17) is 4.74 Å². The zero-order chi connectivity index (χ0) is 9.31. The smallest absolute Gasteiger partial charge is 0.0701 e. The fourth-order valence-corrected chi connectivity index (χ4v) is 3.14. The van der Waals surface area contributed by atoms with Crippen molar-refractivity contribution in [3.8, 4) is 0 Å². The van der Waals surface area contributed by atoms with Crippen molar-refractivity contribution in [3.63, 3.8) is 0 Å². The van der Waals surface area contributed by atoms with Crippen molar-refractivity contribution in [1.29, 1.82) is 0 Å². The third-order valence-electron chi connectivity index (χ3n) is 3.93. The molecule has 0 aromatic carbocycles. The van der Waals surface area contributed by atoms with E-state index in [0.29, 0.717) is 12.0 Å². The molecule has 13 heavy (non-hydrogen) atoms. The van der Waals surface area contributed by atoms with E-state index in [1.54, 1.807) is 7.11 Å². The molecule has 2 heteroatoms. The predicted molar refractivity (Wildman–Crippen MR) is 51.6 cm³/mol. The van der Waals surface area contributed by atoms with Gasteiger partial charge in [0.25, 0.3) is 0 Å². The Morgan fingerprint density at radius 1 is 1.15 bits per heavy atom. The second kappa shape index (κ2) is 3.58. The molecule has 0 saturated heterocycles. The lowest BCUT2D eigenvalue weighted by Gasteiger charge is -2.30. The molecule has 0 aliphatic heterocycles. The van der Waals surface area contributed by atoms with Gasteiger partial charge in [0.15, 0.2) is 0 Å². The maximum absolute atomic E-state index is 10.4. The highest BCUT2D eigenvalue weighted by Gasteiger charge is 2.47. The Morgan fingerprint density at radius 3 is 2.77 bits per heavy atom. The van der Waals surface area contributed by atoms with Crippen LogP contribution in [0.4, 0.5) is 0 Å². The molecule has 0 radical (unpaired) electrons. The molecule has 0 unspecified atom stereocenters. The van der Waals surface area contributed by atoms with Gasteiger partial charge in [0.05, 0.1) is 11.7 Å². The number of aliphatic hydroxyl groups is 1. The van der Waals surface area contributed by atoms with E-state index in [2.05, 4.69) is 0 Å². The first-order chi connectivity index (χ1) is 6.26. The molecule has 76 valence electrons. The van der Waals surface area contributed by atoms with Crippen LogP contribution in [-0.2, 0) is 4.74 Å². The van der Waals surface area contributed by atoms with E-state index in [1.807, 2.05) is 0 Å². The molecule has 0 aromatic heterocycles. The van der Waals surface area contributed by atoms with Gasteiger partial charge in [-0.1, -0.05) is 19.3 Å². The fourth-order valence-electron chi connectivity index (χ4n) is 3.14. The fraction of sp³-hybridized carbons (Fsp3) is 1.00. The van der Waals surface area contributed by atoms with Gasteiger partial charge in [-0.05, 0) is 25.7 Å². The topological polar surface area (TPSA) is 29.5 Å². The summed E-state index contributed by atoms with van der Waals surface area (Å²) in [6, 6.07) is 0. The van der Waals surface area contributed by atoms with E-state index in [9.17, 15) is 5.11 Å². The van der Waals surface area contributed by atoms with Gasteiger partial charge < -0.3 is 9.84 Å². The number of fused-ring (bicyclic) bond motifs is 1. The maximum Gasteiger partial charge on any atom is 0.0701 e. The SMILES string of the molecule is CO[C@H]1CC[C@]2(O)CCCCC[C@H]12. The molecule has 2 fully saturated rings. The third-order valence-corrected chi connectivity index (χ3v) is 3.93. The van der Waals surface area contributed by atoms with Gasteiger partial charge in [0.1, 0.15) is 0 Å². The molecule has 2 rings (SSSR count). The Bertz CT molecular complexity index is 181. The van der Waals surface area contributed by atoms with Crippen LogP contribution in [0.2, 0.25) is 0 Å². The van der Waals surface area contributed by atoms with Gasteiger partial charge in [-0.15, -0.1) is 0 Å². The summed E-state index contributed by atoms with van der Waals surface area (Å²) in [5, 5.41) is 10.4. The molecule has 0 bridgehead atoms. The molecule has 3 atom stereocenters. The summed E-state index contributed by atoms with van der Waals surface area (Å²) >= 11 is 0. The Labute approximate surface area is 80.3 Å². The molecule has 0 amide bonds. The average molecular weight is 184 g/mol. The van der Waals surface area contributed by atoms with Crippen LogP contribution in [0.25, 0.3) is 0 Å². The molecule has 0 spiro atoms. The zero-order valence-electron chi connectivity index (χ0n) is 8.46. The van der Waals surface area contributed by atoms with Crippen LogP contribution in [0.3, 0.4) is 0 Å². The van der Waals surface area contributed by atoms with Gasteiger partial charge in [-0.25, -0.2) is 0 Å². The van der Waals surface area contributed by atoms with Crippen molar-refractivity contribution in [2.24, 2.45) is 5.92 Å². The molecule has 0 aromatic rings. The Balaban J connectivity index is 2.11. The molecule has 1 N–H and O–H groups in total. The average Bonchev–Trinajstić information content (AvgIpc) is 2.31. The van der Waals surface area contributed by atoms with Gasteiger partial charge in [0, 0.05) is 13.0 Å². The van der Waals surface area contributed by atoms with Crippen molar-refractivity contribution in [1.82, 2.24) is 0 Å². The molecular formula is C11H20O2. The van der Waals surface area contributed by atoms with E-state index in [0.717, 1.165) is 25.7 Å². The number of hydrogen-bond donors (Lipinski definition) is 1. The lowest BCUT2D eigenvalue weighted by molar-refractivity contribution is -0.0414. The molecule has 2 nitrogen and oxygen atoms in total. The van der Waals surface area contributed by atoms with Crippen molar-refractivity contribution in [2.75, 3.05) is 7.11 Å². The van der Waals surface area contributed by atoms with Crippen molar-refractivity contribution in [2.45, 2.75) is 56.7 Å². The van der Waals surface area contributed by atoms with E-state index >= 15 is 0 Å². The normalized spacial score (nSPS) is 45.7. The van der Waals surface area contributed by atoms with Crippen LogP contribution < -0.4 is 0 Å². The summed E-state index contributed by atoms with van der Waals surface area (Å²) in [7, 11) is 1.78. The molecule has 2 aliphatic carbocycles. The molecule has 2 aliphatic rings. The van der Waals surface area contributed by atoms with Crippen LogP contribution >= 0.6 is 0 Å². The highest BCUT2D eigenvalue weighted by Crippen LogP contribution is 2.45. The summed E-state index contributed by atoms with van der Waals surface area (Å²) in [4.78, 5) is 0. The summed E-state index contributed by atoms with van der Waals surface area (Å²) in [5.74, 6) is 0.417. The van der Waals surface area contributed by atoms with Gasteiger partial charge in [-0.2, -0.15) is 0 Å². The lowest BCUT2D eigenvalue weighted by atomic mass is 9.85. The monoisotopic (exact) mass is 184 g/mol. The quantitative estimate of drug-likeness (QED) is 0.676. The van der Waals surface area contributed by atoms with E-state index in [-0.39, 0.29) is 5.60 Å². The Morgan fingerprint density at radius 2 is 2.00 bits per heavy atom. The second-order valence-corrected chi connectivity index (χ2v) is 4.62. The van der Waals surface area contributed by atoms with Crippen LogP contribution in [0.15, 0.2) is 0 Å². The Kier molecular flexibility index (Phi) is 2.61. The first kappa shape index (κ1) is 9.47. The Hall–Kier alpha value is -0.0800. The zero-order valence-corrected chi connectivity index (χ0v) is 8.46. The van der Waals surface area contributed by atoms with Crippen LogP contribution in [-0.4, -0.2) is 23.9 Å². The molecule has 2 saturated carbocycles. The third kappa shape index (κ3) is 1.62.